The van der Waals surface area contributed by atoms with Crippen molar-refractivity contribution in [3.63, 3.8) is 0 Å². The van der Waals surface area contributed by atoms with Gasteiger partial charge in [-0.3, -0.25) is 4.79 Å². The fourth-order valence-corrected chi connectivity index (χ4v) is 3.91. The lowest BCUT2D eigenvalue weighted by Gasteiger charge is -2.20. The highest BCUT2D eigenvalue weighted by Gasteiger charge is 2.18. The molecule has 1 amide bonds. The smallest absolute Gasteiger partial charge is 0.349 e. The molecular weight excluding hydrogens is 366 g/mol. The maximum Gasteiger partial charge on any atom is 0.349 e. The van der Waals surface area contributed by atoms with Crippen LogP contribution in [0.2, 0.25) is 0 Å². The van der Waals surface area contributed by atoms with Crippen LogP contribution in [0.25, 0.3) is 6.08 Å². The second-order valence-electron chi connectivity index (χ2n) is 7.83. The molecule has 0 aliphatic heterocycles. The van der Waals surface area contributed by atoms with Crippen LogP contribution in [0, 0.1) is 25.2 Å². The van der Waals surface area contributed by atoms with Gasteiger partial charge in [0.25, 0.3) is 5.91 Å². The molecule has 0 radical (unpaired) electrons. The number of carbonyl (C=O) groups excluding carboxylic acids is 2. The monoisotopic (exact) mass is 399 g/mol. The Hall–Kier alpha value is -2.55. The van der Waals surface area contributed by atoms with E-state index in [1.165, 1.54) is 19.3 Å². The third-order valence-electron chi connectivity index (χ3n) is 5.50. The summed E-state index contributed by atoms with van der Waals surface area (Å²) in [5.41, 5.74) is 2.82. The quantitative estimate of drug-likeness (QED) is 0.423. The minimum atomic E-state index is -0.763. The number of nitriles is 1. The maximum atomic E-state index is 12.3. The van der Waals surface area contributed by atoms with E-state index in [0.29, 0.717) is 0 Å². The summed E-state index contributed by atoms with van der Waals surface area (Å²) < 4.78 is 7.26. The minimum Gasteiger partial charge on any atom is -0.451 e. The molecule has 1 saturated carbocycles. The summed E-state index contributed by atoms with van der Waals surface area (Å²) in [5.74, 6) is -1.07. The van der Waals surface area contributed by atoms with E-state index in [1.54, 1.807) is 6.08 Å². The lowest BCUT2D eigenvalue weighted by molar-refractivity contribution is -0.144. The van der Waals surface area contributed by atoms with Crippen LogP contribution >= 0.6 is 0 Å². The van der Waals surface area contributed by atoms with Crippen molar-refractivity contribution in [1.82, 2.24) is 9.88 Å². The largest absolute Gasteiger partial charge is 0.451 e. The fourth-order valence-electron chi connectivity index (χ4n) is 3.91. The van der Waals surface area contributed by atoms with Crippen LogP contribution in [-0.4, -0.2) is 29.1 Å². The summed E-state index contributed by atoms with van der Waals surface area (Å²) in [7, 11) is 0. The summed E-state index contributed by atoms with van der Waals surface area (Å²) in [5, 5.41) is 12.3. The number of aromatic nitrogens is 1. The van der Waals surface area contributed by atoms with Crippen molar-refractivity contribution in [2.24, 2.45) is 0 Å². The first-order valence-corrected chi connectivity index (χ1v) is 10.7. The Morgan fingerprint density at radius 1 is 1.24 bits per heavy atom. The first kappa shape index (κ1) is 22.7. The van der Waals surface area contributed by atoms with Gasteiger partial charge in [0.15, 0.2) is 6.61 Å². The highest BCUT2D eigenvalue weighted by molar-refractivity contribution is 5.99. The highest BCUT2D eigenvalue weighted by Crippen LogP contribution is 2.19. The van der Waals surface area contributed by atoms with Gasteiger partial charge in [0.1, 0.15) is 11.6 Å². The topological polar surface area (TPSA) is 84.1 Å². The Morgan fingerprint density at radius 2 is 1.90 bits per heavy atom. The number of carbonyl (C=O) groups is 2. The molecule has 1 aromatic rings. The van der Waals surface area contributed by atoms with Gasteiger partial charge in [-0.2, -0.15) is 5.26 Å². The summed E-state index contributed by atoms with van der Waals surface area (Å²) in [6.07, 6.45) is 10.4. The molecule has 29 heavy (non-hydrogen) atoms. The van der Waals surface area contributed by atoms with Gasteiger partial charge in [-0.25, -0.2) is 4.79 Å². The molecule has 6 heteroatoms. The first-order chi connectivity index (χ1) is 14.0. The summed E-state index contributed by atoms with van der Waals surface area (Å²) in [6, 6.07) is 4.01. The van der Waals surface area contributed by atoms with Crippen molar-refractivity contribution in [2.45, 2.75) is 84.7 Å². The zero-order valence-corrected chi connectivity index (χ0v) is 17.9. The van der Waals surface area contributed by atoms with E-state index in [0.717, 1.165) is 55.6 Å². The molecule has 6 nitrogen and oxygen atoms in total. The molecule has 0 unspecified atom stereocenters. The molecular formula is C23H33N3O3. The van der Waals surface area contributed by atoms with Crippen LogP contribution in [0.5, 0.6) is 0 Å². The molecule has 1 aliphatic carbocycles. The number of amides is 1. The van der Waals surface area contributed by atoms with Gasteiger partial charge in [0, 0.05) is 24.0 Å². The molecule has 0 saturated heterocycles. The van der Waals surface area contributed by atoms with Crippen molar-refractivity contribution in [3.05, 3.63) is 28.6 Å². The normalized spacial score (nSPS) is 15.9. The average Bonchev–Trinajstić information content (AvgIpc) is 2.94. The van der Waals surface area contributed by atoms with Crippen molar-refractivity contribution in [2.75, 3.05) is 6.61 Å². The van der Waals surface area contributed by atoms with Gasteiger partial charge < -0.3 is 14.6 Å². The maximum absolute atomic E-state index is 12.3. The number of rotatable bonds is 7. The van der Waals surface area contributed by atoms with Gasteiger partial charge in [0.05, 0.1) is 0 Å². The summed E-state index contributed by atoms with van der Waals surface area (Å²) in [4.78, 5) is 24.5. The number of nitrogens with one attached hydrogen (secondary N) is 1. The van der Waals surface area contributed by atoms with E-state index in [4.69, 9.17) is 4.74 Å². The third-order valence-corrected chi connectivity index (χ3v) is 5.50. The molecule has 1 heterocycles. The van der Waals surface area contributed by atoms with Crippen LogP contribution in [-0.2, 0) is 20.9 Å². The average molecular weight is 400 g/mol. The molecule has 1 aliphatic rings. The minimum absolute atomic E-state index is 0.0968. The van der Waals surface area contributed by atoms with E-state index in [9.17, 15) is 14.9 Å². The molecule has 158 valence electrons. The van der Waals surface area contributed by atoms with Crippen LogP contribution in [0.4, 0.5) is 0 Å². The predicted octanol–water partition coefficient (Wildman–Crippen LogP) is 4.19. The van der Waals surface area contributed by atoms with E-state index in [2.05, 4.69) is 16.8 Å². The van der Waals surface area contributed by atoms with E-state index < -0.39 is 5.97 Å². The predicted molar refractivity (Wildman–Crippen MR) is 113 cm³/mol. The molecule has 0 bridgehead atoms. The number of nitrogens with zero attached hydrogens (tertiary/aromatic N) is 2. The molecule has 1 N–H and O–H groups in total. The van der Waals surface area contributed by atoms with E-state index >= 15 is 0 Å². The molecule has 0 spiro atoms. The number of ether oxygens (including phenoxy) is 1. The van der Waals surface area contributed by atoms with Crippen LogP contribution in [0.15, 0.2) is 11.6 Å². The SMILES string of the molecule is CCCn1c(C)cc(/C=C(\C#N)C(=O)OCC(=O)NC2CCCCCCC2)c1C. The zero-order valence-electron chi connectivity index (χ0n) is 17.9. The van der Waals surface area contributed by atoms with Crippen molar-refractivity contribution < 1.29 is 14.3 Å². The Morgan fingerprint density at radius 3 is 2.52 bits per heavy atom. The molecule has 2 rings (SSSR count). The van der Waals surface area contributed by atoms with E-state index in [-0.39, 0.29) is 24.1 Å². The highest BCUT2D eigenvalue weighted by atomic mass is 16.5. The van der Waals surface area contributed by atoms with Crippen LogP contribution in [0.1, 0.15) is 75.2 Å². The number of hydrogen-bond acceptors (Lipinski definition) is 4. The Labute approximate surface area is 173 Å². The first-order valence-electron chi connectivity index (χ1n) is 10.7. The lowest BCUT2D eigenvalue weighted by atomic mass is 9.97. The van der Waals surface area contributed by atoms with Crippen LogP contribution < -0.4 is 5.32 Å². The molecule has 1 aromatic heterocycles. The number of aryl methyl sites for hydroxylation is 1. The van der Waals surface area contributed by atoms with Gasteiger partial charge >= 0.3 is 5.97 Å². The van der Waals surface area contributed by atoms with Crippen molar-refractivity contribution in [1.29, 1.82) is 5.26 Å². The van der Waals surface area contributed by atoms with Crippen LogP contribution in [0.3, 0.4) is 0 Å². The van der Waals surface area contributed by atoms with Gasteiger partial charge in [-0.15, -0.1) is 0 Å². The van der Waals surface area contributed by atoms with Gasteiger partial charge in [-0.1, -0.05) is 39.0 Å². The molecule has 0 aromatic carbocycles. The third kappa shape index (κ3) is 6.77. The number of esters is 1. The van der Waals surface area contributed by atoms with Crippen molar-refractivity contribution in [3.8, 4) is 6.07 Å². The summed E-state index contributed by atoms with van der Waals surface area (Å²) in [6.45, 7) is 6.61. The second-order valence-corrected chi connectivity index (χ2v) is 7.83. The Kier molecular flexibility index (Phi) is 8.98. The molecule has 0 atom stereocenters. The molecule has 1 fully saturated rings. The fraction of sp³-hybridized carbons (Fsp3) is 0.609. The van der Waals surface area contributed by atoms with Gasteiger partial charge in [0.2, 0.25) is 0 Å². The Bertz CT molecular complexity index is 778. The lowest BCUT2D eigenvalue weighted by Crippen LogP contribution is -2.38. The standard InChI is InChI=1S/C23H33N3O3/c1-4-12-26-17(2)13-19(18(26)3)14-20(15-24)23(28)29-16-22(27)25-21-10-8-6-5-7-9-11-21/h13-14,21H,4-12,16H2,1-3H3,(H,25,27)/b20-14+. The second kappa shape index (κ2) is 11.5. The van der Waals surface area contributed by atoms with E-state index in [1.807, 2.05) is 26.0 Å². The Balaban J connectivity index is 1.94. The number of hydrogen-bond donors (Lipinski definition) is 1. The van der Waals surface area contributed by atoms with Gasteiger partial charge in [-0.05, 0) is 50.8 Å². The van der Waals surface area contributed by atoms with Crippen molar-refractivity contribution >= 4 is 18.0 Å². The summed E-state index contributed by atoms with van der Waals surface area (Å²) >= 11 is 0. The zero-order chi connectivity index (χ0) is 21.2.